The van der Waals surface area contributed by atoms with E-state index in [1.165, 1.54) is 19.2 Å². The Labute approximate surface area is 110 Å². The highest BCUT2D eigenvalue weighted by Gasteiger charge is 2.16. The number of nitrogens with one attached hydrogen (secondary N) is 1. The van der Waals surface area contributed by atoms with Crippen LogP contribution in [0.2, 0.25) is 0 Å². The van der Waals surface area contributed by atoms with Crippen LogP contribution >= 0.6 is 0 Å². The zero-order valence-electron chi connectivity index (χ0n) is 10.7. The standard InChI is InChI=1S/C14H15NO4/c1-9(13-4-3-7-19-13)15-14(17)11-8-10(18-2)5-6-12(11)16/h3-9,16H,1-2H3,(H,15,17). The molecule has 19 heavy (non-hydrogen) atoms. The van der Waals surface area contributed by atoms with Crippen molar-refractivity contribution in [3.05, 3.63) is 47.9 Å². The van der Waals surface area contributed by atoms with Gasteiger partial charge in [0.25, 0.3) is 5.91 Å². The van der Waals surface area contributed by atoms with E-state index >= 15 is 0 Å². The second-order valence-electron chi connectivity index (χ2n) is 4.09. The monoisotopic (exact) mass is 261 g/mol. The van der Waals surface area contributed by atoms with Crippen molar-refractivity contribution in [2.45, 2.75) is 13.0 Å². The van der Waals surface area contributed by atoms with Crippen LogP contribution in [0.15, 0.2) is 41.0 Å². The Bertz CT molecular complexity index is 563. The summed E-state index contributed by atoms with van der Waals surface area (Å²) in [5, 5.41) is 12.4. The van der Waals surface area contributed by atoms with Crippen LogP contribution in [0.5, 0.6) is 11.5 Å². The molecule has 2 aromatic rings. The van der Waals surface area contributed by atoms with E-state index in [2.05, 4.69) is 5.32 Å². The Kier molecular flexibility index (Phi) is 3.75. The van der Waals surface area contributed by atoms with Crippen LogP contribution in [0.25, 0.3) is 0 Å². The van der Waals surface area contributed by atoms with Crippen LogP contribution in [0.1, 0.15) is 29.1 Å². The maximum Gasteiger partial charge on any atom is 0.255 e. The molecule has 2 rings (SSSR count). The number of phenols is 1. The molecule has 0 spiro atoms. The smallest absolute Gasteiger partial charge is 0.255 e. The number of aromatic hydroxyl groups is 1. The number of carbonyl (C=O) groups excluding carboxylic acids is 1. The van der Waals surface area contributed by atoms with E-state index in [4.69, 9.17) is 9.15 Å². The van der Waals surface area contributed by atoms with Gasteiger partial charge < -0.3 is 19.6 Å². The molecule has 1 aromatic carbocycles. The van der Waals surface area contributed by atoms with E-state index in [0.29, 0.717) is 11.5 Å². The van der Waals surface area contributed by atoms with Crippen molar-refractivity contribution in [3.8, 4) is 11.5 Å². The van der Waals surface area contributed by atoms with Crippen LogP contribution in [0.3, 0.4) is 0 Å². The van der Waals surface area contributed by atoms with Gasteiger partial charge in [-0.2, -0.15) is 0 Å². The van der Waals surface area contributed by atoms with Crippen molar-refractivity contribution < 1.29 is 19.1 Å². The molecule has 100 valence electrons. The summed E-state index contributed by atoms with van der Waals surface area (Å²) in [5.41, 5.74) is 0.165. The molecule has 0 radical (unpaired) electrons. The third-order valence-corrected chi connectivity index (χ3v) is 2.77. The lowest BCUT2D eigenvalue weighted by molar-refractivity contribution is 0.0932. The Balaban J connectivity index is 2.16. The van der Waals surface area contributed by atoms with Crippen molar-refractivity contribution >= 4 is 5.91 Å². The maximum atomic E-state index is 12.1. The number of phenolic OH excluding ortho intramolecular Hbond substituents is 1. The summed E-state index contributed by atoms with van der Waals surface area (Å²) in [5.74, 6) is 0.676. The number of carbonyl (C=O) groups is 1. The molecule has 1 aromatic heterocycles. The molecule has 1 heterocycles. The first kappa shape index (κ1) is 13.0. The van der Waals surface area contributed by atoms with Crippen LogP contribution in [-0.4, -0.2) is 18.1 Å². The molecule has 2 N–H and O–H groups in total. The van der Waals surface area contributed by atoms with Gasteiger partial charge >= 0.3 is 0 Å². The Morgan fingerprint density at radius 2 is 2.21 bits per heavy atom. The number of methoxy groups -OCH3 is 1. The molecule has 1 unspecified atom stereocenters. The first-order valence-corrected chi connectivity index (χ1v) is 5.83. The summed E-state index contributed by atoms with van der Waals surface area (Å²) < 4.78 is 10.2. The normalized spacial score (nSPS) is 11.9. The molecular formula is C14H15NO4. The van der Waals surface area contributed by atoms with Gasteiger partial charge in [0.1, 0.15) is 17.3 Å². The summed E-state index contributed by atoms with van der Waals surface area (Å²) in [6.45, 7) is 1.80. The molecule has 1 amide bonds. The summed E-state index contributed by atoms with van der Waals surface area (Å²) in [4.78, 5) is 12.1. The number of amides is 1. The Morgan fingerprint density at radius 3 is 2.84 bits per heavy atom. The van der Waals surface area contributed by atoms with Crippen LogP contribution in [0, 0.1) is 0 Å². The van der Waals surface area contributed by atoms with Crippen molar-refractivity contribution in [3.63, 3.8) is 0 Å². The minimum Gasteiger partial charge on any atom is -0.507 e. The third-order valence-electron chi connectivity index (χ3n) is 2.77. The number of rotatable bonds is 4. The second-order valence-corrected chi connectivity index (χ2v) is 4.09. The first-order valence-electron chi connectivity index (χ1n) is 5.83. The van der Waals surface area contributed by atoms with Crippen LogP contribution < -0.4 is 10.1 Å². The summed E-state index contributed by atoms with van der Waals surface area (Å²) in [6.07, 6.45) is 1.54. The second kappa shape index (κ2) is 5.48. The van der Waals surface area contributed by atoms with E-state index in [1.54, 1.807) is 31.4 Å². The van der Waals surface area contributed by atoms with E-state index in [-0.39, 0.29) is 23.3 Å². The molecule has 0 saturated heterocycles. The minimum atomic E-state index is -0.389. The average molecular weight is 261 g/mol. The summed E-state index contributed by atoms with van der Waals surface area (Å²) >= 11 is 0. The van der Waals surface area contributed by atoms with Gasteiger partial charge in [0.2, 0.25) is 0 Å². The molecule has 0 fully saturated rings. The fourth-order valence-corrected chi connectivity index (χ4v) is 1.71. The number of hydrogen-bond acceptors (Lipinski definition) is 4. The lowest BCUT2D eigenvalue weighted by atomic mass is 10.1. The number of furan rings is 1. The zero-order valence-corrected chi connectivity index (χ0v) is 10.7. The molecule has 1 atom stereocenters. The predicted molar refractivity (Wildman–Crippen MR) is 69.2 cm³/mol. The van der Waals surface area contributed by atoms with Gasteiger partial charge in [-0.05, 0) is 37.3 Å². The van der Waals surface area contributed by atoms with E-state index in [1.807, 2.05) is 0 Å². The SMILES string of the molecule is COc1ccc(O)c(C(=O)NC(C)c2ccco2)c1. The molecular weight excluding hydrogens is 246 g/mol. The number of ether oxygens (including phenoxy) is 1. The Morgan fingerprint density at radius 1 is 1.42 bits per heavy atom. The van der Waals surface area contributed by atoms with Crippen molar-refractivity contribution in [1.29, 1.82) is 0 Å². The molecule has 5 nitrogen and oxygen atoms in total. The fraction of sp³-hybridized carbons (Fsp3) is 0.214. The summed E-state index contributed by atoms with van der Waals surface area (Å²) in [6, 6.07) is 7.73. The van der Waals surface area contributed by atoms with Gasteiger partial charge in [0.05, 0.1) is 25.0 Å². The lowest BCUT2D eigenvalue weighted by Crippen LogP contribution is -2.26. The molecule has 0 aliphatic heterocycles. The fourth-order valence-electron chi connectivity index (χ4n) is 1.71. The summed E-state index contributed by atoms with van der Waals surface area (Å²) in [7, 11) is 1.50. The Hall–Kier alpha value is -2.43. The number of benzene rings is 1. The number of hydrogen-bond donors (Lipinski definition) is 2. The molecule has 0 aliphatic rings. The molecule has 5 heteroatoms. The van der Waals surface area contributed by atoms with Crippen molar-refractivity contribution in [1.82, 2.24) is 5.32 Å². The predicted octanol–water partition coefficient (Wildman–Crippen LogP) is 2.48. The highest BCUT2D eigenvalue weighted by Crippen LogP contribution is 2.23. The quantitative estimate of drug-likeness (QED) is 0.887. The topological polar surface area (TPSA) is 71.7 Å². The van der Waals surface area contributed by atoms with Gasteiger partial charge in [-0.3, -0.25) is 4.79 Å². The van der Waals surface area contributed by atoms with Crippen molar-refractivity contribution in [2.24, 2.45) is 0 Å². The zero-order chi connectivity index (χ0) is 13.8. The van der Waals surface area contributed by atoms with Gasteiger partial charge in [0, 0.05) is 0 Å². The third kappa shape index (κ3) is 2.88. The van der Waals surface area contributed by atoms with E-state index in [0.717, 1.165) is 0 Å². The minimum absolute atomic E-state index is 0.0926. The van der Waals surface area contributed by atoms with Gasteiger partial charge in [-0.1, -0.05) is 0 Å². The van der Waals surface area contributed by atoms with Gasteiger partial charge in [0.15, 0.2) is 0 Å². The highest BCUT2D eigenvalue weighted by molar-refractivity contribution is 5.97. The van der Waals surface area contributed by atoms with Gasteiger partial charge in [-0.15, -0.1) is 0 Å². The highest BCUT2D eigenvalue weighted by atomic mass is 16.5. The van der Waals surface area contributed by atoms with E-state index in [9.17, 15) is 9.90 Å². The van der Waals surface area contributed by atoms with Crippen LogP contribution in [-0.2, 0) is 0 Å². The van der Waals surface area contributed by atoms with Crippen LogP contribution in [0.4, 0.5) is 0 Å². The van der Waals surface area contributed by atoms with Crippen molar-refractivity contribution in [2.75, 3.05) is 7.11 Å². The average Bonchev–Trinajstić information content (AvgIpc) is 2.93. The largest absolute Gasteiger partial charge is 0.507 e. The van der Waals surface area contributed by atoms with E-state index < -0.39 is 0 Å². The molecule has 0 saturated carbocycles. The molecule has 0 bridgehead atoms. The molecule has 0 aliphatic carbocycles. The van der Waals surface area contributed by atoms with Gasteiger partial charge in [-0.25, -0.2) is 0 Å². The lowest BCUT2D eigenvalue weighted by Gasteiger charge is -2.12. The maximum absolute atomic E-state index is 12.1. The first-order chi connectivity index (χ1) is 9.11.